The van der Waals surface area contributed by atoms with Crippen LogP contribution in [-0.2, 0) is 5.41 Å². The van der Waals surface area contributed by atoms with E-state index in [-0.39, 0.29) is 34.2 Å². The fraction of sp³-hybridized carbons (Fsp3) is 0.120. The smallest absolute Gasteiger partial charge is 0.344 e. The zero-order valence-electron chi connectivity index (χ0n) is 17.7. The maximum atomic E-state index is 13.7. The van der Waals surface area contributed by atoms with E-state index < -0.39 is 11.0 Å². The average Bonchev–Trinajstić information content (AvgIpc) is 3.03. The summed E-state index contributed by atoms with van der Waals surface area (Å²) in [5, 5.41) is 10.7. The number of aromatic nitrogens is 2. The van der Waals surface area contributed by atoms with Crippen molar-refractivity contribution >= 4 is 10.9 Å². The first-order chi connectivity index (χ1) is 15.9. The van der Waals surface area contributed by atoms with Gasteiger partial charge in [-0.3, -0.25) is 9.36 Å². The van der Waals surface area contributed by atoms with Crippen LogP contribution in [0.3, 0.4) is 0 Å². The Morgan fingerprint density at radius 2 is 1.91 bits per heavy atom. The summed E-state index contributed by atoms with van der Waals surface area (Å²) < 4.78 is 12.6. The number of allylic oxidation sites excluding steroid dienone is 1. The number of hydrogen-bond acceptors (Lipinski definition) is 7. The quantitative estimate of drug-likeness (QED) is 0.449. The summed E-state index contributed by atoms with van der Waals surface area (Å²) in [4.78, 5) is 31.8. The minimum Gasteiger partial charge on any atom is -0.440 e. The monoisotopic (exact) mass is 436 g/mol. The van der Waals surface area contributed by atoms with Crippen molar-refractivity contribution in [2.45, 2.75) is 19.3 Å². The largest absolute Gasteiger partial charge is 0.440 e. The maximum absolute atomic E-state index is 13.7. The van der Waals surface area contributed by atoms with Crippen LogP contribution < -0.4 is 21.7 Å². The van der Waals surface area contributed by atoms with Crippen molar-refractivity contribution in [2.24, 2.45) is 5.73 Å². The molecule has 0 saturated carbocycles. The molecule has 2 aliphatic heterocycles. The van der Waals surface area contributed by atoms with E-state index in [0.29, 0.717) is 27.9 Å². The number of aryl methyl sites for hydroxylation is 2. The summed E-state index contributed by atoms with van der Waals surface area (Å²) in [5.41, 5.74) is 6.12. The van der Waals surface area contributed by atoms with Crippen LogP contribution >= 0.6 is 0 Å². The third-order valence-electron chi connectivity index (χ3n) is 6.27. The molecule has 6 rings (SSSR count). The number of rotatable bonds is 0. The van der Waals surface area contributed by atoms with Crippen LogP contribution in [0.5, 0.6) is 5.75 Å². The molecule has 0 fully saturated rings. The lowest BCUT2D eigenvalue weighted by Gasteiger charge is -2.34. The van der Waals surface area contributed by atoms with Crippen LogP contribution in [0.2, 0.25) is 0 Å². The van der Waals surface area contributed by atoms with Crippen LogP contribution in [0.25, 0.3) is 16.6 Å². The predicted molar refractivity (Wildman–Crippen MR) is 119 cm³/mol. The van der Waals surface area contributed by atoms with Gasteiger partial charge in [0.2, 0.25) is 5.88 Å². The molecule has 4 aromatic rings. The van der Waals surface area contributed by atoms with E-state index in [9.17, 15) is 14.9 Å². The second-order valence-corrected chi connectivity index (χ2v) is 8.20. The summed E-state index contributed by atoms with van der Waals surface area (Å²) in [5.74, 6) is 0.544. The molecule has 2 N–H and O–H groups in total. The summed E-state index contributed by atoms with van der Waals surface area (Å²) in [6, 6.07) is 16.1. The number of ether oxygens (including phenoxy) is 1. The highest BCUT2D eigenvalue weighted by molar-refractivity contribution is 5.81. The van der Waals surface area contributed by atoms with Crippen LogP contribution in [0.4, 0.5) is 0 Å². The summed E-state index contributed by atoms with van der Waals surface area (Å²) in [6.07, 6.45) is 0. The van der Waals surface area contributed by atoms with E-state index in [0.717, 1.165) is 5.56 Å². The van der Waals surface area contributed by atoms with Crippen molar-refractivity contribution in [3.8, 4) is 17.5 Å². The second kappa shape index (κ2) is 6.20. The zero-order valence-corrected chi connectivity index (χ0v) is 17.7. The van der Waals surface area contributed by atoms with Gasteiger partial charge in [-0.2, -0.15) is 5.26 Å². The van der Waals surface area contributed by atoms with E-state index >= 15 is 0 Å². The van der Waals surface area contributed by atoms with Gasteiger partial charge in [-0.25, -0.2) is 9.78 Å². The molecule has 0 amide bonds. The first kappa shape index (κ1) is 19.1. The number of benzene rings is 2. The Labute approximate surface area is 186 Å². The summed E-state index contributed by atoms with van der Waals surface area (Å²) >= 11 is 0. The van der Waals surface area contributed by atoms with Gasteiger partial charge >= 0.3 is 5.63 Å². The number of nitrogens with zero attached hydrogens (tertiary/aromatic N) is 3. The molecule has 0 saturated heterocycles. The topological polar surface area (TPSA) is 124 Å². The van der Waals surface area contributed by atoms with E-state index in [1.807, 2.05) is 19.1 Å². The molecular formula is C25H16N4O4. The van der Waals surface area contributed by atoms with Crippen molar-refractivity contribution in [1.82, 2.24) is 9.55 Å². The molecule has 0 bridgehead atoms. The lowest BCUT2D eigenvalue weighted by Crippen LogP contribution is -2.42. The van der Waals surface area contributed by atoms with E-state index in [1.165, 1.54) is 4.57 Å². The zero-order chi connectivity index (χ0) is 23.1. The van der Waals surface area contributed by atoms with Gasteiger partial charge in [-0.1, -0.05) is 29.8 Å². The highest BCUT2D eigenvalue weighted by Crippen LogP contribution is 2.54. The predicted octanol–water partition coefficient (Wildman–Crippen LogP) is 2.69. The minimum absolute atomic E-state index is 0.0218. The van der Waals surface area contributed by atoms with Gasteiger partial charge in [0.05, 0.1) is 16.6 Å². The van der Waals surface area contributed by atoms with Gasteiger partial charge in [0.25, 0.3) is 5.56 Å². The summed E-state index contributed by atoms with van der Waals surface area (Å²) in [6.45, 7) is 3.51. The molecule has 1 atom stereocenters. The van der Waals surface area contributed by atoms with Crippen molar-refractivity contribution in [3.05, 3.63) is 109 Å². The van der Waals surface area contributed by atoms with Gasteiger partial charge in [-0.05, 0) is 32.0 Å². The SMILES string of the molecule is Cc1ccc2c(c1)C1(C(C#N)=C(N)Oc3cc(C)oc(=O)c31)c1nc3ccccc3c(=O)n1-2. The normalized spacial score (nSPS) is 18.0. The van der Waals surface area contributed by atoms with Crippen molar-refractivity contribution in [2.75, 3.05) is 0 Å². The highest BCUT2D eigenvalue weighted by Gasteiger charge is 2.57. The van der Waals surface area contributed by atoms with Gasteiger partial charge in [0.1, 0.15) is 40.0 Å². The molecule has 1 spiro atoms. The van der Waals surface area contributed by atoms with Crippen molar-refractivity contribution in [3.63, 3.8) is 0 Å². The maximum Gasteiger partial charge on any atom is 0.344 e. The average molecular weight is 436 g/mol. The van der Waals surface area contributed by atoms with Crippen molar-refractivity contribution < 1.29 is 9.15 Å². The van der Waals surface area contributed by atoms with Gasteiger partial charge in [0, 0.05) is 11.6 Å². The Balaban J connectivity index is 1.94. The number of fused-ring (bicyclic) bond motifs is 8. The fourth-order valence-corrected chi connectivity index (χ4v) is 4.99. The number of hydrogen-bond donors (Lipinski definition) is 1. The van der Waals surface area contributed by atoms with E-state index in [1.54, 1.807) is 43.3 Å². The highest BCUT2D eigenvalue weighted by atomic mass is 16.5. The number of para-hydroxylation sites is 1. The molecule has 33 heavy (non-hydrogen) atoms. The standard InChI is InChI=1S/C25H16N4O4/c1-12-7-8-18-15(9-12)25(24-28-17-6-4-3-5-14(17)22(30)29(18)24)16(11-26)21(27)33-19-10-13(2)32-23(31)20(19)25/h3-10H,27H2,1-2H3. The van der Waals surface area contributed by atoms with Crippen LogP contribution in [0.15, 0.2) is 74.0 Å². The Kier molecular flexibility index (Phi) is 3.59. The first-order valence-electron chi connectivity index (χ1n) is 10.2. The Bertz CT molecular complexity index is 1740. The second-order valence-electron chi connectivity index (χ2n) is 8.20. The molecule has 8 nitrogen and oxygen atoms in total. The van der Waals surface area contributed by atoms with E-state index in [4.69, 9.17) is 19.9 Å². The van der Waals surface area contributed by atoms with Gasteiger partial charge in [-0.15, -0.1) is 0 Å². The molecule has 0 radical (unpaired) electrons. The number of nitrogens with two attached hydrogens (primary N) is 1. The van der Waals surface area contributed by atoms with Crippen LogP contribution in [0, 0.1) is 25.2 Å². The Morgan fingerprint density at radius 1 is 1.12 bits per heavy atom. The lowest BCUT2D eigenvalue weighted by molar-refractivity contribution is 0.355. The Hall–Kier alpha value is -4.64. The molecule has 8 heteroatoms. The van der Waals surface area contributed by atoms with Gasteiger partial charge < -0.3 is 14.9 Å². The van der Waals surface area contributed by atoms with Crippen molar-refractivity contribution in [1.29, 1.82) is 5.26 Å². The molecule has 2 aromatic heterocycles. The third kappa shape index (κ3) is 2.20. The summed E-state index contributed by atoms with van der Waals surface area (Å²) in [7, 11) is 0. The fourth-order valence-electron chi connectivity index (χ4n) is 4.99. The Morgan fingerprint density at radius 3 is 2.70 bits per heavy atom. The molecule has 1 unspecified atom stereocenters. The molecular weight excluding hydrogens is 420 g/mol. The first-order valence-corrected chi connectivity index (χ1v) is 10.2. The molecule has 2 aliphatic rings. The lowest BCUT2D eigenvalue weighted by atomic mass is 9.68. The molecule has 2 aromatic carbocycles. The van der Waals surface area contributed by atoms with Gasteiger partial charge in [0.15, 0.2) is 0 Å². The van der Waals surface area contributed by atoms with Crippen LogP contribution in [-0.4, -0.2) is 9.55 Å². The van der Waals surface area contributed by atoms with E-state index in [2.05, 4.69) is 6.07 Å². The molecule has 0 aliphatic carbocycles. The molecule has 160 valence electrons. The minimum atomic E-state index is -1.56. The number of nitriles is 1. The van der Waals surface area contributed by atoms with Crippen LogP contribution in [0.1, 0.15) is 28.3 Å². The molecule has 4 heterocycles. The third-order valence-corrected chi connectivity index (χ3v) is 6.27.